The van der Waals surface area contributed by atoms with Gasteiger partial charge in [-0.25, -0.2) is 9.59 Å². The Hall–Kier alpha value is -1.96. The lowest BCUT2D eigenvalue weighted by Crippen LogP contribution is -2.29. The van der Waals surface area contributed by atoms with Crippen LogP contribution in [0, 0.1) is 0 Å². The number of nitrogens with zero attached hydrogens (tertiary/aromatic N) is 1. The van der Waals surface area contributed by atoms with Gasteiger partial charge in [0.15, 0.2) is 5.11 Å². The van der Waals surface area contributed by atoms with E-state index in [1.165, 1.54) is 11.1 Å². The average molecular weight is 300 g/mol. The molecule has 1 fully saturated rings. The smallest absolute Gasteiger partial charge is 0.380 e. The van der Waals surface area contributed by atoms with Gasteiger partial charge >= 0.3 is 11.9 Å². The van der Waals surface area contributed by atoms with E-state index in [9.17, 15) is 14.4 Å². The number of carbonyl (C=O) groups is 3. The Morgan fingerprint density at radius 3 is 2.35 bits per heavy atom. The van der Waals surface area contributed by atoms with Crippen LogP contribution in [0.5, 0.6) is 0 Å². The third-order valence-corrected chi connectivity index (χ3v) is 2.75. The number of Topliss-reactive ketones (excluding diaryl/α,β-unsaturated/α-hetero) is 1. The molecule has 0 bridgehead atoms. The molecule has 0 atom stereocenters. The Kier molecular flexibility index (Phi) is 6.10. The van der Waals surface area contributed by atoms with E-state index in [0.29, 0.717) is 18.2 Å². The predicted molar refractivity (Wildman–Crippen MR) is 73.7 cm³/mol. The molecule has 110 valence electrons. The summed E-state index contributed by atoms with van der Waals surface area (Å²) >= 11 is 5.00. The molecule has 0 amide bonds. The van der Waals surface area contributed by atoms with Crippen molar-refractivity contribution < 1.29 is 23.9 Å². The lowest BCUT2D eigenvalue weighted by Gasteiger charge is -2.13. The van der Waals surface area contributed by atoms with E-state index in [-0.39, 0.29) is 13.2 Å². The Morgan fingerprint density at radius 2 is 1.85 bits per heavy atom. The Bertz CT molecular complexity index is 461. The molecule has 0 aromatic rings. The third kappa shape index (κ3) is 4.02. The van der Waals surface area contributed by atoms with Gasteiger partial charge in [-0.1, -0.05) is 0 Å². The van der Waals surface area contributed by atoms with Crippen LogP contribution in [0.4, 0.5) is 0 Å². The first-order valence-corrected chi connectivity index (χ1v) is 6.56. The van der Waals surface area contributed by atoms with E-state index in [0.717, 1.165) is 0 Å². The van der Waals surface area contributed by atoms with Gasteiger partial charge in [-0.2, -0.15) is 0 Å². The molecule has 8 heteroatoms. The zero-order chi connectivity index (χ0) is 15.1. The summed E-state index contributed by atoms with van der Waals surface area (Å²) in [6.45, 7) is 4.40. The number of carbonyl (C=O) groups excluding carboxylic acids is 3. The number of hydrogen-bond acceptors (Lipinski definition) is 6. The van der Waals surface area contributed by atoms with Gasteiger partial charge in [0, 0.05) is 19.3 Å². The molecular formula is C12H16N2O5S. The fourth-order valence-electron chi connectivity index (χ4n) is 1.48. The van der Waals surface area contributed by atoms with Gasteiger partial charge in [0.1, 0.15) is 5.57 Å². The molecule has 1 aliphatic heterocycles. The van der Waals surface area contributed by atoms with Crippen molar-refractivity contribution in [2.45, 2.75) is 13.8 Å². The molecule has 7 nitrogen and oxygen atoms in total. The number of hydrogen-bond donors (Lipinski definition) is 1. The van der Waals surface area contributed by atoms with E-state index in [2.05, 4.69) is 10.1 Å². The minimum atomic E-state index is -1.09. The molecule has 1 saturated heterocycles. The van der Waals surface area contributed by atoms with Crippen molar-refractivity contribution in [3.63, 3.8) is 0 Å². The summed E-state index contributed by atoms with van der Waals surface area (Å²) in [6, 6.07) is 0. The van der Waals surface area contributed by atoms with Crippen LogP contribution in [-0.4, -0.2) is 54.0 Å². The van der Waals surface area contributed by atoms with Crippen LogP contribution >= 0.6 is 12.2 Å². The zero-order valence-electron chi connectivity index (χ0n) is 11.3. The maximum atomic E-state index is 11.9. The van der Waals surface area contributed by atoms with Gasteiger partial charge in [-0.15, -0.1) is 0 Å². The summed E-state index contributed by atoms with van der Waals surface area (Å²) in [5.74, 6) is -3.01. The molecule has 0 radical (unpaired) electrons. The van der Waals surface area contributed by atoms with Crippen molar-refractivity contribution in [3.05, 3.63) is 11.8 Å². The maximum absolute atomic E-state index is 11.9. The van der Waals surface area contributed by atoms with Crippen molar-refractivity contribution in [3.8, 4) is 0 Å². The van der Waals surface area contributed by atoms with Gasteiger partial charge in [-0.05, 0) is 26.1 Å². The lowest BCUT2D eigenvalue weighted by atomic mass is 10.2. The number of nitrogens with one attached hydrogen (secondary N) is 1. The minimum absolute atomic E-state index is 0.0460. The summed E-state index contributed by atoms with van der Waals surface area (Å²) in [7, 11) is 0. The Balaban J connectivity index is 2.98. The van der Waals surface area contributed by atoms with Crippen molar-refractivity contribution in [1.29, 1.82) is 0 Å². The van der Waals surface area contributed by atoms with Crippen molar-refractivity contribution >= 4 is 35.1 Å². The van der Waals surface area contributed by atoms with E-state index >= 15 is 0 Å². The number of esters is 2. The summed E-state index contributed by atoms with van der Waals surface area (Å²) < 4.78 is 9.37. The standard InChI is InChI=1S/C12H16N2O5S/c1-3-18-10(16)8(9(15)11(17)19-4-2)7-14-6-5-13-12(14)20/h7H,3-6H2,1-2H3,(H,13,20)/b8-7+. The van der Waals surface area contributed by atoms with Crippen LogP contribution in [0.15, 0.2) is 11.8 Å². The molecule has 0 aliphatic carbocycles. The molecule has 0 aromatic heterocycles. The first-order chi connectivity index (χ1) is 9.51. The first-order valence-electron chi connectivity index (χ1n) is 6.16. The molecule has 20 heavy (non-hydrogen) atoms. The highest BCUT2D eigenvalue weighted by Gasteiger charge is 2.29. The fraction of sp³-hybridized carbons (Fsp3) is 0.500. The molecular weight excluding hydrogens is 284 g/mol. The molecule has 1 aliphatic rings. The van der Waals surface area contributed by atoms with Crippen LogP contribution in [-0.2, 0) is 23.9 Å². The predicted octanol–water partition coefficient (Wildman–Crippen LogP) is -0.244. The molecule has 0 unspecified atom stereocenters. The molecule has 1 heterocycles. The maximum Gasteiger partial charge on any atom is 0.380 e. The number of ketones is 1. The van der Waals surface area contributed by atoms with E-state index in [1.54, 1.807) is 13.8 Å². The highest BCUT2D eigenvalue weighted by Crippen LogP contribution is 2.08. The third-order valence-electron chi connectivity index (χ3n) is 2.38. The Labute approximate surface area is 121 Å². The number of thiocarbonyl (C=S) groups is 1. The summed E-state index contributed by atoms with van der Waals surface area (Å²) in [4.78, 5) is 36.6. The second-order valence-corrected chi connectivity index (χ2v) is 4.12. The SMILES string of the molecule is CCOC(=O)C(=O)/C(=C\N1CCNC1=S)C(=O)OCC. The number of rotatable bonds is 6. The minimum Gasteiger partial charge on any atom is -0.462 e. The molecule has 1 rings (SSSR count). The Morgan fingerprint density at radius 1 is 1.25 bits per heavy atom. The van der Waals surface area contributed by atoms with Gasteiger partial charge in [0.25, 0.3) is 5.78 Å². The number of ether oxygens (including phenoxy) is 2. The monoisotopic (exact) mass is 300 g/mol. The van der Waals surface area contributed by atoms with Crippen LogP contribution in [0.3, 0.4) is 0 Å². The summed E-state index contributed by atoms with van der Waals surface area (Å²) in [5, 5.41) is 3.25. The van der Waals surface area contributed by atoms with Crippen LogP contribution in [0.25, 0.3) is 0 Å². The topological polar surface area (TPSA) is 84.9 Å². The lowest BCUT2D eigenvalue weighted by molar-refractivity contribution is -0.154. The van der Waals surface area contributed by atoms with Gasteiger partial charge in [0.2, 0.25) is 0 Å². The normalized spacial score (nSPS) is 14.8. The molecule has 0 spiro atoms. The van der Waals surface area contributed by atoms with Crippen molar-refractivity contribution in [2.24, 2.45) is 0 Å². The second kappa shape index (κ2) is 7.59. The van der Waals surface area contributed by atoms with E-state index in [4.69, 9.17) is 17.0 Å². The van der Waals surface area contributed by atoms with Gasteiger partial charge in [-0.3, -0.25) is 4.79 Å². The van der Waals surface area contributed by atoms with E-state index in [1.807, 2.05) is 0 Å². The van der Waals surface area contributed by atoms with Crippen LogP contribution in [0.1, 0.15) is 13.8 Å². The van der Waals surface area contributed by atoms with Crippen molar-refractivity contribution in [2.75, 3.05) is 26.3 Å². The fourth-order valence-corrected chi connectivity index (χ4v) is 1.73. The van der Waals surface area contributed by atoms with Crippen LogP contribution < -0.4 is 5.32 Å². The van der Waals surface area contributed by atoms with Gasteiger partial charge in [0.05, 0.1) is 13.2 Å². The average Bonchev–Trinajstić information content (AvgIpc) is 2.81. The van der Waals surface area contributed by atoms with Crippen molar-refractivity contribution in [1.82, 2.24) is 10.2 Å². The second-order valence-electron chi connectivity index (χ2n) is 3.74. The largest absolute Gasteiger partial charge is 0.462 e. The first kappa shape index (κ1) is 16.1. The highest BCUT2D eigenvalue weighted by atomic mass is 32.1. The summed E-state index contributed by atoms with van der Waals surface area (Å²) in [6.07, 6.45) is 1.22. The van der Waals surface area contributed by atoms with Crippen LogP contribution in [0.2, 0.25) is 0 Å². The van der Waals surface area contributed by atoms with E-state index < -0.39 is 23.3 Å². The van der Waals surface area contributed by atoms with Gasteiger partial charge < -0.3 is 19.7 Å². The molecule has 0 saturated carbocycles. The molecule has 1 N–H and O–H groups in total. The summed E-state index contributed by atoms with van der Waals surface area (Å²) in [5.41, 5.74) is -0.392. The zero-order valence-corrected chi connectivity index (χ0v) is 12.1. The quantitative estimate of drug-likeness (QED) is 0.180. The highest BCUT2D eigenvalue weighted by molar-refractivity contribution is 7.80. The molecule has 0 aromatic carbocycles.